The van der Waals surface area contributed by atoms with E-state index in [0.29, 0.717) is 9.21 Å². The first-order chi connectivity index (χ1) is 6.59. The maximum Gasteiger partial charge on any atom is 0.317 e. The minimum absolute atomic E-state index is 0.0170. The van der Waals surface area contributed by atoms with Gasteiger partial charge in [0.05, 0.1) is 22.3 Å². The number of ketones is 1. The lowest BCUT2D eigenvalue weighted by atomic mass is 10.3. The Labute approximate surface area is 89.5 Å². The summed E-state index contributed by atoms with van der Waals surface area (Å²) < 4.78 is 0.548. The van der Waals surface area contributed by atoms with Crippen molar-refractivity contribution in [3.05, 3.63) is 21.3 Å². The molecule has 1 aromatic rings. The number of Topliss-reactive ketones (excluding diaryl/α,β-unsaturated/α-hetero) is 1. The average molecular weight is 234 g/mol. The van der Waals surface area contributed by atoms with Crippen molar-refractivity contribution in [2.75, 3.05) is 13.1 Å². The molecule has 0 aliphatic heterocycles. The summed E-state index contributed by atoms with van der Waals surface area (Å²) in [5.41, 5.74) is 0. The third kappa shape index (κ3) is 3.45. The molecule has 0 spiro atoms. The number of carboxylic acids is 1. The van der Waals surface area contributed by atoms with Crippen molar-refractivity contribution in [2.24, 2.45) is 0 Å². The molecular formula is C8H8ClNO3S. The minimum atomic E-state index is -0.984. The molecule has 1 aromatic heterocycles. The van der Waals surface area contributed by atoms with Gasteiger partial charge in [0.2, 0.25) is 0 Å². The summed E-state index contributed by atoms with van der Waals surface area (Å²) in [4.78, 5) is 22.0. The molecule has 76 valence electrons. The average Bonchev–Trinajstić information content (AvgIpc) is 2.51. The van der Waals surface area contributed by atoms with E-state index >= 15 is 0 Å². The summed E-state index contributed by atoms with van der Waals surface area (Å²) in [6.07, 6.45) is 0. The number of nitrogens with one attached hydrogen (secondary N) is 1. The van der Waals surface area contributed by atoms with Crippen LogP contribution >= 0.6 is 22.9 Å². The van der Waals surface area contributed by atoms with E-state index in [9.17, 15) is 9.59 Å². The number of carboxylic acid groups (broad SMARTS) is 1. The molecule has 1 rings (SSSR count). The number of carbonyl (C=O) groups excluding carboxylic acids is 1. The van der Waals surface area contributed by atoms with Crippen LogP contribution in [-0.2, 0) is 4.79 Å². The van der Waals surface area contributed by atoms with Gasteiger partial charge in [0.15, 0.2) is 5.78 Å². The number of hydrogen-bond acceptors (Lipinski definition) is 4. The smallest absolute Gasteiger partial charge is 0.317 e. The molecule has 0 aliphatic rings. The molecule has 14 heavy (non-hydrogen) atoms. The van der Waals surface area contributed by atoms with Gasteiger partial charge in [0.1, 0.15) is 0 Å². The summed E-state index contributed by atoms with van der Waals surface area (Å²) in [7, 11) is 0. The Morgan fingerprint density at radius 1 is 1.43 bits per heavy atom. The van der Waals surface area contributed by atoms with Crippen molar-refractivity contribution in [2.45, 2.75) is 0 Å². The van der Waals surface area contributed by atoms with Crippen molar-refractivity contribution >= 4 is 34.7 Å². The van der Waals surface area contributed by atoms with Gasteiger partial charge in [-0.25, -0.2) is 0 Å². The first-order valence-corrected chi connectivity index (χ1v) is 5.00. The molecule has 0 aromatic carbocycles. The molecule has 4 nitrogen and oxygen atoms in total. The standard InChI is InChI=1S/C8H8ClNO3S/c9-7-2-1-6(14-7)5(11)3-10-4-8(12)13/h1-2,10H,3-4H2,(H,12,13). The second-order valence-corrected chi connectivity index (χ2v) is 4.24. The Morgan fingerprint density at radius 2 is 2.14 bits per heavy atom. The Balaban J connectivity index is 2.39. The predicted octanol–water partition coefficient (Wildman–Crippen LogP) is 1.26. The van der Waals surface area contributed by atoms with Gasteiger partial charge < -0.3 is 5.11 Å². The molecule has 0 radical (unpaired) electrons. The Bertz CT molecular complexity index is 350. The fraction of sp³-hybridized carbons (Fsp3) is 0.250. The lowest BCUT2D eigenvalue weighted by Gasteiger charge is -1.98. The topological polar surface area (TPSA) is 66.4 Å². The van der Waals surface area contributed by atoms with Crippen LogP contribution in [0.15, 0.2) is 12.1 Å². The first kappa shape index (κ1) is 11.2. The van der Waals surface area contributed by atoms with E-state index < -0.39 is 5.97 Å². The van der Waals surface area contributed by atoms with Gasteiger partial charge in [-0.15, -0.1) is 11.3 Å². The lowest BCUT2D eigenvalue weighted by Crippen LogP contribution is -2.28. The van der Waals surface area contributed by atoms with Crippen LogP contribution in [0.3, 0.4) is 0 Å². The Hall–Kier alpha value is -0.910. The highest BCUT2D eigenvalue weighted by Gasteiger charge is 2.08. The molecule has 0 saturated carbocycles. The Morgan fingerprint density at radius 3 is 2.64 bits per heavy atom. The molecule has 0 atom stereocenters. The van der Waals surface area contributed by atoms with E-state index in [1.54, 1.807) is 12.1 Å². The number of hydrogen-bond donors (Lipinski definition) is 2. The molecule has 0 fully saturated rings. The minimum Gasteiger partial charge on any atom is -0.480 e. The third-order valence-corrected chi connectivity index (χ3v) is 2.68. The molecule has 1 heterocycles. The monoisotopic (exact) mass is 233 g/mol. The lowest BCUT2D eigenvalue weighted by molar-refractivity contribution is -0.135. The van der Waals surface area contributed by atoms with E-state index in [1.165, 1.54) is 11.3 Å². The number of aliphatic carboxylic acids is 1. The van der Waals surface area contributed by atoms with Gasteiger partial charge in [-0.3, -0.25) is 14.9 Å². The summed E-state index contributed by atoms with van der Waals surface area (Å²) in [5, 5.41) is 10.8. The van der Waals surface area contributed by atoms with Gasteiger partial charge in [-0.2, -0.15) is 0 Å². The maximum absolute atomic E-state index is 11.3. The summed E-state index contributed by atoms with van der Waals surface area (Å²) in [5.74, 6) is -1.13. The molecule has 2 N–H and O–H groups in total. The van der Waals surface area contributed by atoms with E-state index in [-0.39, 0.29) is 18.9 Å². The van der Waals surface area contributed by atoms with Crippen LogP contribution in [-0.4, -0.2) is 29.9 Å². The van der Waals surface area contributed by atoms with Crippen LogP contribution in [0.4, 0.5) is 0 Å². The summed E-state index contributed by atoms with van der Waals surface area (Å²) in [6.45, 7) is -0.200. The molecule has 0 bridgehead atoms. The second-order valence-electron chi connectivity index (χ2n) is 2.52. The van der Waals surface area contributed by atoms with E-state index in [0.717, 1.165) is 0 Å². The summed E-state index contributed by atoms with van der Waals surface area (Å²) >= 11 is 6.82. The third-order valence-electron chi connectivity index (χ3n) is 1.41. The summed E-state index contributed by atoms with van der Waals surface area (Å²) in [6, 6.07) is 3.26. The molecular weight excluding hydrogens is 226 g/mol. The number of halogens is 1. The fourth-order valence-corrected chi connectivity index (χ4v) is 1.81. The molecule has 0 saturated heterocycles. The normalized spacial score (nSPS) is 10.1. The second kappa shape index (κ2) is 5.09. The van der Waals surface area contributed by atoms with E-state index in [2.05, 4.69) is 5.32 Å². The molecule has 6 heteroatoms. The quantitative estimate of drug-likeness (QED) is 0.752. The number of rotatable bonds is 5. The fourth-order valence-electron chi connectivity index (χ4n) is 0.834. The molecule has 0 aliphatic carbocycles. The zero-order valence-electron chi connectivity index (χ0n) is 7.12. The van der Waals surface area contributed by atoms with Gasteiger partial charge in [0.25, 0.3) is 0 Å². The van der Waals surface area contributed by atoms with Crippen LogP contribution < -0.4 is 5.32 Å². The van der Waals surface area contributed by atoms with Crippen LogP contribution in [0.2, 0.25) is 4.34 Å². The van der Waals surface area contributed by atoms with Gasteiger partial charge in [0, 0.05) is 0 Å². The predicted molar refractivity (Wildman–Crippen MR) is 54.2 cm³/mol. The zero-order chi connectivity index (χ0) is 10.6. The van der Waals surface area contributed by atoms with Crippen LogP contribution in [0.25, 0.3) is 0 Å². The number of thiophene rings is 1. The van der Waals surface area contributed by atoms with Crippen molar-refractivity contribution in [1.29, 1.82) is 0 Å². The van der Waals surface area contributed by atoms with Gasteiger partial charge in [-0.1, -0.05) is 11.6 Å². The largest absolute Gasteiger partial charge is 0.480 e. The molecule has 0 unspecified atom stereocenters. The van der Waals surface area contributed by atoms with Crippen molar-refractivity contribution < 1.29 is 14.7 Å². The van der Waals surface area contributed by atoms with Crippen molar-refractivity contribution in [3.63, 3.8) is 0 Å². The maximum atomic E-state index is 11.3. The van der Waals surface area contributed by atoms with Gasteiger partial charge in [-0.05, 0) is 12.1 Å². The van der Waals surface area contributed by atoms with Crippen molar-refractivity contribution in [1.82, 2.24) is 5.32 Å². The van der Waals surface area contributed by atoms with Crippen LogP contribution in [0.5, 0.6) is 0 Å². The molecule has 0 amide bonds. The van der Waals surface area contributed by atoms with Crippen molar-refractivity contribution in [3.8, 4) is 0 Å². The number of carbonyl (C=O) groups is 2. The van der Waals surface area contributed by atoms with Gasteiger partial charge >= 0.3 is 5.97 Å². The first-order valence-electron chi connectivity index (χ1n) is 3.80. The van der Waals surface area contributed by atoms with Crippen LogP contribution in [0, 0.1) is 0 Å². The SMILES string of the molecule is O=C(O)CNCC(=O)c1ccc(Cl)s1. The highest BCUT2D eigenvalue weighted by molar-refractivity contribution is 7.18. The zero-order valence-corrected chi connectivity index (χ0v) is 8.69. The van der Waals surface area contributed by atoms with E-state index in [4.69, 9.17) is 16.7 Å². The van der Waals surface area contributed by atoms with Crippen LogP contribution in [0.1, 0.15) is 9.67 Å². The highest BCUT2D eigenvalue weighted by atomic mass is 35.5. The highest BCUT2D eigenvalue weighted by Crippen LogP contribution is 2.21. The Kier molecular flexibility index (Phi) is 4.06. The van der Waals surface area contributed by atoms with E-state index in [1.807, 2.05) is 0 Å².